The van der Waals surface area contributed by atoms with Gasteiger partial charge in [-0.3, -0.25) is 0 Å². The molecule has 1 fully saturated rings. The summed E-state index contributed by atoms with van der Waals surface area (Å²) in [4.78, 5) is 4.01. The summed E-state index contributed by atoms with van der Waals surface area (Å²) in [7, 11) is -2.00. The lowest BCUT2D eigenvalue weighted by Crippen LogP contribution is -2.32. The van der Waals surface area contributed by atoms with Gasteiger partial charge >= 0.3 is 0 Å². The molecule has 6 nitrogen and oxygen atoms in total. The van der Waals surface area contributed by atoms with Crippen LogP contribution in [0.1, 0.15) is 11.5 Å². The molecule has 0 bridgehead atoms. The molecule has 0 radical (unpaired) electrons. The number of nitrogens with zero attached hydrogens (tertiary/aromatic N) is 3. The van der Waals surface area contributed by atoms with Crippen LogP contribution in [-0.4, -0.2) is 41.4 Å². The minimum absolute atomic E-state index is 0.0159. The SMILES string of the molecule is Cn1cnc(S(=O)(=O)N2C[C@H](Nc3ccc(F)c(Cl)c3)[C@@H](c3ccccc3)C2)c1. The summed E-state index contributed by atoms with van der Waals surface area (Å²) < 4.78 is 42.7. The van der Waals surface area contributed by atoms with Gasteiger partial charge in [0, 0.05) is 44.0 Å². The molecule has 1 N–H and O–H groups in total. The number of benzene rings is 2. The molecule has 0 spiro atoms. The van der Waals surface area contributed by atoms with Crippen LogP contribution in [0.3, 0.4) is 0 Å². The molecule has 1 aliphatic rings. The zero-order valence-corrected chi connectivity index (χ0v) is 17.2. The standard InChI is InChI=1S/C20H20ClFN4O2S/c1-25-12-20(23-13-25)29(27,28)26-10-16(14-5-3-2-4-6-14)19(11-26)24-15-7-8-18(22)17(21)9-15/h2-9,12-13,16,19,24H,10-11H2,1H3/t16-,19+/m1/s1. The third kappa shape index (κ3) is 4.01. The van der Waals surface area contributed by atoms with Gasteiger partial charge in [0.25, 0.3) is 10.0 Å². The Bertz CT molecular complexity index is 1120. The van der Waals surface area contributed by atoms with Gasteiger partial charge in [0.05, 0.1) is 11.3 Å². The zero-order chi connectivity index (χ0) is 20.6. The Balaban J connectivity index is 1.65. The summed E-state index contributed by atoms with van der Waals surface area (Å²) in [6.45, 7) is 0.572. The summed E-state index contributed by atoms with van der Waals surface area (Å²) in [6.07, 6.45) is 2.96. The fourth-order valence-corrected chi connectivity index (χ4v) is 5.24. The van der Waals surface area contributed by atoms with E-state index in [1.165, 1.54) is 29.0 Å². The largest absolute Gasteiger partial charge is 0.380 e. The van der Waals surface area contributed by atoms with E-state index in [1.54, 1.807) is 17.7 Å². The highest BCUT2D eigenvalue weighted by Crippen LogP contribution is 2.33. The van der Waals surface area contributed by atoms with E-state index >= 15 is 0 Å². The maximum absolute atomic E-state index is 13.5. The van der Waals surface area contributed by atoms with Crippen LogP contribution in [0.2, 0.25) is 5.02 Å². The first-order chi connectivity index (χ1) is 13.8. The first kappa shape index (κ1) is 19.9. The summed E-state index contributed by atoms with van der Waals surface area (Å²) in [5.74, 6) is -0.582. The van der Waals surface area contributed by atoms with E-state index in [9.17, 15) is 12.8 Å². The van der Waals surface area contributed by atoms with Crippen molar-refractivity contribution in [3.8, 4) is 0 Å². The number of hydrogen-bond donors (Lipinski definition) is 1. The number of aryl methyl sites for hydroxylation is 1. The van der Waals surface area contributed by atoms with Crippen molar-refractivity contribution in [1.29, 1.82) is 0 Å². The molecular weight excluding hydrogens is 415 g/mol. The molecule has 1 aromatic heterocycles. The second-order valence-electron chi connectivity index (χ2n) is 7.10. The number of imidazole rings is 1. The van der Waals surface area contributed by atoms with Crippen molar-refractivity contribution in [3.05, 3.63) is 77.5 Å². The number of aromatic nitrogens is 2. The fraction of sp³-hybridized carbons (Fsp3) is 0.250. The second-order valence-corrected chi connectivity index (χ2v) is 9.39. The van der Waals surface area contributed by atoms with Gasteiger partial charge in [0.15, 0.2) is 5.03 Å². The molecule has 0 unspecified atom stereocenters. The number of anilines is 1. The summed E-state index contributed by atoms with van der Waals surface area (Å²) in [6, 6.07) is 13.9. The van der Waals surface area contributed by atoms with Crippen LogP contribution in [0.5, 0.6) is 0 Å². The maximum atomic E-state index is 13.5. The van der Waals surface area contributed by atoms with Crippen molar-refractivity contribution in [2.24, 2.45) is 7.05 Å². The van der Waals surface area contributed by atoms with Gasteiger partial charge < -0.3 is 9.88 Å². The van der Waals surface area contributed by atoms with Crippen molar-refractivity contribution in [2.75, 3.05) is 18.4 Å². The predicted molar refractivity (Wildman–Crippen MR) is 110 cm³/mol. The van der Waals surface area contributed by atoms with Gasteiger partial charge in [-0.1, -0.05) is 41.9 Å². The van der Waals surface area contributed by atoms with Crippen molar-refractivity contribution >= 4 is 27.3 Å². The Morgan fingerprint density at radius 1 is 1.17 bits per heavy atom. The van der Waals surface area contributed by atoms with Gasteiger partial charge in [-0.05, 0) is 23.8 Å². The molecule has 1 saturated heterocycles. The normalized spacial score (nSPS) is 20.1. The lowest BCUT2D eigenvalue weighted by atomic mass is 9.94. The van der Waals surface area contributed by atoms with Crippen molar-refractivity contribution in [2.45, 2.75) is 17.0 Å². The topological polar surface area (TPSA) is 67.2 Å². The Hall–Kier alpha value is -2.42. The molecule has 1 aliphatic heterocycles. The predicted octanol–water partition coefficient (Wildman–Crippen LogP) is 3.48. The van der Waals surface area contributed by atoms with Gasteiger partial charge in [0.2, 0.25) is 0 Å². The number of rotatable bonds is 5. The van der Waals surface area contributed by atoms with Crippen LogP contribution >= 0.6 is 11.6 Å². The molecular formula is C20H20ClFN4O2S. The molecule has 152 valence electrons. The summed E-state index contributed by atoms with van der Waals surface area (Å²) in [5, 5.41) is 3.37. The van der Waals surface area contributed by atoms with Crippen LogP contribution in [0.25, 0.3) is 0 Å². The van der Waals surface area contributed by atoms with Crippen LogP contribution in [0.4, 0.5) is 10.1 Å². The molecule has 2 aromatic carbocycles. The Kier molecular flexibility index (Phi) is 5.33. The lowest BCUT2D eigenvalue weighted by molar-refractivity contribution is 0.468. The Morgan fingerprint density at radius 2 is 1.93 bits per heavy atom. The molecule has 0 amide bonds. The first-order valence-electron chi connectivity index (χ1n) is 9.09. The van der Waals surface area contributed by atoms with Crippen LogP contribution in [-0.2, 0) is 17.1 Å². The minimum atomic E-state index is -3.72. The highest BCUT2D eigenvalue weighted by Gasteiger charge is 2.41. The number of hydrogen-bond acceptors (Lipinski definition) is 4. The molecule has 0 aliphatic carbocycles. The van der Waals surface area contributed by atoms with E-state index in [2.05, 4.69) is 10.3 Å². The highest BCUT2D eigenvalue weighted by molar-refractivity contribution is 7.89. The minimum Gasteiger partial charge on any atom is -0.380 e. The second kappa shape index (κ2) is 7.78. The van der Waals surface area contributed by atoms with Crippen LogP contribution < -0.4 is 5.32 Å². The van der Waals surface area contributed by atoms with E-state index in [4.69, 9.17) is 11.6 Å². The zero-order valence-electron chi connectivity index (χ0n) is 15.7. The third-order valence-electron chi connectivity index (χ3n) is 5.07. The highest BCUT2D eigenvalue weighted by atomic mass is 35.5. The van der Waals surface area contributed by atoms with Crippen molar-refractivity contribution in [1.82, 2.24) is 13.9 Å². The van der Waals surface area contributed by atoms with Crippen molar-refractivity contribution in [3.63, 3.8) is 0 Å². The Labute approximate surface area is 174 Å². The van der Waals surface area contributed by atoms with Crippen LogP contribution in [0, 0.1) is 5.82 Å². The number of sulfonamides is 1. The number of halogens is 2. The van der Waals surface area contributed by atoms with E-state index in [0.29, 0.717) is 12.2 Å². The molecule has 4 rings (SSSR count). The van der Waals surface area contributed by atoms with Gasteiger partial charge in [0.1, 0.15) is 5.82 Å². The van der Waals surface area contributed by atoms with Crippen molar-refractivity contribution < 1.29 is 12.8 Å². The molecule has 2 atom stereocenters. The van der Waals surface area contributed by atoms with Gasteiger partial charge in [-0.2, -0.15) is 4.31 Å². The third-order valence-corrected chi connectivity index (χ3v) is 7.08. The molecule has 29 heavy (non-hydrogen) atoms. The summed E-state index contributed by atoms with van der Waals surface area (Å²) in [5.41, 5.74) is 1.66. The molecule has 9 heteroatoms. The Morgan fingerprint density at radius 3 is 2.59 bits per heavy atom. The summed E-state index contributed by atoms with van der Waals surface area (Å²) >= 11 is 5.90. The average molecular weight is 435 g/mol. The fourth-order valence-electron chi connectivity index (χ4n) is 3.60. The number of nitrogens with one attached hydrogen (secondary N) is 1. The quantitative estimate of drug-likeness (QED) is 0.667. The van der Waals surface area contributed by atoms with E-state index in [1.807, 2.05) is 30.3 Å². The average Bonchev–Trinajstić information content (AvgIpc) is 3.33. The van der Waals surface area contributed by atoms with E-state index in [-0.39, 0.29) is 28.6 Å². The molecule has 0 saturated carbocycles. The molecule has 3 aromatic rings. The first-order valence-corrected chi connectivity index (χ1v) is 10.9. The van der Waals surface area contributed by atoms with Gasteiger partial charge in [-0.15, -0.1) is 0 Å². The molecule has 2 heterocycles. The van der Waals surface area contributed by atoms with E-state index < -0.39 is 15.8 Å². The lowest BCUT2D eigenvalue weighted by Gasteiger charge is -2.21. The maximum Gasteiger partial charge on any atom is 0.262 e. The smallest absolute Gasteiger partial charge is 0.262 e. The monoisotopic (exact) mass is 434 g/mol. The van der Waals surface area contributed by atoms with Gasteiger partial charge in [-0.25, -0.2) is 17.8 Å². The van der Waals surface area contributed by atoms with E-state index in [0.717, 1.165) is 5.56 Å². The van der Waals surface area contributed by atoms with Crippen LogP contribution in [0.15, 0.2) is 66.1 Å².